The van der Waals surface area contributed by atoms with Crippen LogP contribution in [0.2, 0.25) is 0 Å². The number of likely N-dealkylation sites (tertiary alicyclic amines) is 1. The average molecular weight is 380 g/mol. The van der Waals surface area contributed by atoms with Crippen LogP contribution in [0, 0.1) is 6.92 Å². The molecule has 2 aromatic rings. The number of morpholine rings is 1. The standard InChI is InChI=1S/C23H29N3O2/c1-18-16-20(17-21(27)25-10-6-3-7-11-25)24-23(26-12-14-28-15-13-26)22(18)19-8-4-2-5-9-19/h2,4-5,8-9,16H,3,6-7,10-15,17H2,1H3. The average Bonchev–Trinajstić information content (AvgIpc) is 2.75. The molecule has 2 aliphatic heterocycles. The van der Waals surface area contributed by atoms with Crippen molar-refractivity contribution < 1.29 is 9.53 Å². The largest absolute Gasteiger partial charge is 0.378 e. The summed E-state index contributed by atoms with van der Waals surface area (Å²) < 4.78 is 5.54. The monoisotopic (exact) mass is 379 g/mol. The van der Waals surface area contributed by atoms with Gasteiger partial charge in [0, 0.05) is 31.7 Å². The number of hydrogen-bond acceptors (Lipinski definition) is 4. The highest BCUT2D eigenvalue weighted by Crippen LogP contribution is 2.33. The van der Waals surface area contributed by atoms with E-state index in [-0.39, 0.29) is 5.91 Å². The van der Waals surface area contributed by atoms with Gasteiger partial charge in [0.2, 0.25) is 5.91 Å². The van der Waals surface area contributed by atoms with E-state index >= 15 is 0 Å². The molecule has 5 nitrogen and oxygen atoms in total. The van der Waals surface area contributed by atoms with Gasteiger partial charge in [-0.15, -0.1) is 0 Å². The molecule has 2 fully saturated rings. The van der Waals surface area contributed by atoms with Crippen LogP contribution in [-0.4, -0.2) is 55.2 Å². The van der Waals surface area contributed by atoms with Crippen LogP contribution >= 0.6 is 0 Å². The second-order valence-electron chi connectivity index (χ2n) is 7.71. The Hall–Kier alpha value is -2.40. The first kappa shape index (κ1) is 18.9. The molecule has 4 rings (SSSR count). The van der Waals surface area contributed by atoms with Crippen LogP contribution in [0.3, 0.4) is 0 Å². The third-order valence-electron chi connectivity index (χ3n) is 5.66. The van der Waals surface area contributed by atoms with Crippen LogP contribution in [0.15, 0.2) is 36.4 Å². The number of aryl methyl sites for hydroxylation is 1. The fourth-order valence-corrected chi connectivity index (χ4v) is 4.19. The molecule has 0 unspecified atom stereocenters. The number of piperidine rings is 1. The molecule has 3 heterocycles. The van der Waals surface area contributed by atoms with Crippen molar-refractivity contribution in [3.8, 4) is 11.1 Å². The van der Waals surface area contributed by atoms with Crippen molar-refractivity contribution in [3.63, 3.8) is 0 Å². The molecule has 2 aliphatic rings. The van der Waals surface area contributed by atoms with Gasteiger partial charge in [0.15, 0.2) is 0 Å². The highest BCUT2D eigenvalue weighted by atomic mass is 16.5. The zero-order chi connectivity index (χ0) is 19.3. The van der Waals surface area contributed by atoms with Gasteiger partial charge >= 0.3 is 0 Å². The molecule has 28 heavy (non-hydrogen) atoms. The van der Waals surface area contributed by atoms with Gasteiger partial charge in [0.05, 0.1) is 25.3 Å². The number of nitrogens with zero attached hydrogens (tertiary/aromatic N) is 3. The summed E-state index contributed by atoms with van der Waals surface area (Å²) in [6.07, 6.45) is 3.84. The van der Waals surface area contributed by atoms with E-state index in [1.54, 1.807) is 0 Å². The van der Waals surface area contributed by atoms with Crippen molar-refractivity contribution in [1.82, 2.24) is 9.88 Å². The molecule has 0 aliphatic carbocycles. The zero-order valence-electron chi connectivity index (χ0n) is 16.7. The lowest BCUT2D eigenvalue weighted by Crippen LogP contribution is -2.38. The molecule has 1 aromatic carbocycles. The maximum Gasteiger partial charge on any atom is 0.228 e. The molecule has 5 heteroatoms. The first-order valence-corrected chi connectivity index (χ1v) is 10.4. The van der Waals surface area contributed by atoms with E-state index in [1.165, 1.54) is 17.5 Å². The van der Waals surface area contributed by atoms with Crippen molar-refractivity contribution in [3.05, 3.63) is 47.7 Å². The Morgan fingerprint density at radius 3 is 2.46 bits per heavy atom. The molecule has 0 radical (unpaired) electrons. The Balaban J connectivity index is 1.67. The molecule has 0 atom stereocenters. The van der Waals surface area contributed by atoms with E-state index in [9.17, 15) is 4.79 Å². The van der Waals surface area contributed by atoms with Gasteiger partial charge in [-0.1, -0.05) is 30.3 Å². The second kappa shape index (κ2) is 8.74. The molecular formula is C23H29N3O2. The van der Waals surface area contributed by atoms with E-state index in [0.29, 0.717) is 19.6 Å². The highest BCUT2D eigenvalue weighted by molar-refractivity contribution is 5.82. The molecule has 1 aromatic heterocycles. The molecule has 0 saturated carbocycles. The Morgan fingerprint density at radius 1 is 1.04 bits per heavy atom. The van der Waals surface area contributed by atoms with E-state index in [0.717, 1.165) is 56.1 Å². The van der Waals surface area contributed by atoms with Crippen molar-refractivity contribution >= 4 is 11.7 Å². The summed E-state index contributed by atoms with van der Waals surface area (Å²) in [5, 5.41) is 0. The highest BCUT2D eigenvalue weighted by Gasteiger charge is 2.22. The van der Waals surface area contributed by atoms with Gasteiger partial charge in [-0.05, 0) is 43.4 Å². The summed E-state index contributed by atoms with van der Waals surface area (Å²) in [7, 11) is 0. The summed E-state index contributed by atoms with van der Waals surface area (Å²) >= 11 is 0. The molecule has 0 N–H and O–H groups in total. The Kier molecular flexibility index (Phi) is 5.91. The van der Waals surface area contributed by atoms with Crippen LogP contribution in [0.1, 0.15) is 30.5 Å². The summed E-state index contributed by atoms with van der Waals surface area (Å²) in [5.74, 6) is 1.18. The molecule has 0 bridgehead atoms. The van der Waals surface area contributed by atoms with Crippen molar-refractivity contribution in [2.24, 2.45) is 0 Å². The van der Waals surface area contributed by atoms with Gasteiger partial charge in [-0.3, -0.25) is 4.79 Å². The van der Waals surface area contributed by atoms with Crippen LogP contribution in [-0.2, 0) is 16.0 Å². The fraction of sp³-hybridized carbons (Fsp3) is 0.478. The number of rotatable bonds is 4. The topological polar surface area (TPSA) is 45.7 Å². The lowest BCUT2D eigenvalue weighted by atomic mass is 9.99. The maximum atomic E-state index is 12.8. The minimum Gasteiger partial charge on any atom is -0.378 e. The van der Waals surface area contributed by atoms with Gasteiger partial charge in [-0.25, -0.2) is 4.98 Å². The Morgan fingerprint density at radius 2 is 1.75 bits per heavy atom. The summed E-state index contributed by atoms with van der Waals surface area (Å²) in [4.78, 5) is 22.1. The third kappa shape index (κ3) is 4.20. The molecule has 148 valence electrons. The number of aromatic nitrogens is 1. The number of pyridine rings is 1. The quantitative estimate of drug-likeness (QED) is 0.816. The van der Waals surface area contributed by atoms with Crippen LogP contribution in [0.5, 0.6) is 0 Å². The smallest absolute Gasteiger partial charge is 0.228 e. The second-order valence-corrected chi connectivity index (χ2v) is 7.71. The summed E-state index contributed by atoms with van der Waals surface area (Å²) in [5.41, 5.74) is 4.37. The number of carbonyl (C=O) groups excluding carboxylic acids is 1. The first-order valence-electron chi connectivity index (χ1n) is 10.4. The molecule has 1 amide bonds. The Labute approximate surface area is 167 Å². The molecular weight excluding hydrogens is 350 g/mol. The lowest BCUT2D eigenvalue weighted by Gasteiger charge is -2.31. The summed E-state index contributed by atoms with van der Waals surface area (Å²) in [6.45, 7) is 6.98. The number of hydrogen-bond donors (Lipinski definition) is 0. The van der Waals surface area contributed by atoms with E-state index in [4.69, 9.17) is 9.72 Å². The SMILES string of the molecule is Cc1cc(CC(=O)N2CCCCC2)nc(N2CCOCC2)c1-c1ccccc1. The van der Waals surface area contributed by atoms with Gasteiger partial charge in [-0.2, -0.15) is 0 Å². The van der Waals surface area contributed by atoms with Crippen molar-refractivity contribution in [1.29, 1.82) is 0 Å². The predicted molar refractivity (Wildman–Crippen MR) is 112 cm³/mol. The van der Waals surface area contributed by atoms with Crippen LogP contribution in [0.4, 0.5) is 5.82 Å². The van der Waals surface area contributed by atoms with Crippen LogP contribution < -0.4 is 4.90 Å². The summed E-state index contributed by atoms with van der Waals surface area (Å²) in [6, 6.07) is 12.5. The number of benzene rings is 1. The first-order chi connectivity index (χ1) is 13.7. The number of carbonyl (C=O) groups is 1. The lowest BCUT2D eigenvalue weighted by molar-refractivity contribution is -0.131. The van der Waals surface area contributed by atoms with Crippen molar-refractivity contribution in [2.45, 2.75) is 32.6 Å². The van der Waals surface area contributed by atoms with Gasteiger partial charge in [0.25, 0.3) is 0 Å². The Bertz CT molecular complexity index is 810. The number of ether oxygens (including phenoxy) is 1. The van der Waals surface area contributed by atoms with Crippen LogP contribution in [0.25, 0.3) is 11.1 Å². The molecule has 0 spiro atoms. The van der Waals surface area contributed by atoms with E-state index in [2.05, 4.69) is 42.2 Å². The van der Waals surface area contributed by atoms with Gasteiger partial charge < -0.3 is 14.5 Å². The zero-order valence-corrected chi connectivity index (χ0v) is 16.7. The van der Waals surface area contributed by atoms with E-state index in [1.807, 2.05) is 11.0 Å². The normalized spacial score (nSPS) is 17.6. The van der Waals surface area contributed by atoms with E-state index < -0.39 is 0 Å². The minimum atomic E-state index is 0.201. The number of amides is 1. The number of anilines is 1. The van der Waals surface area contributed by atoms with Crippen molar-refractivity contribution in [2.75, 3.05) is 44.3 Å². The fourth-order valence-electron chi connectivity index (χ4n) is 4.19. The third-order valence-corrected chi connectivity index (χ3v) is 5.66. The minimum absolute atomic E-state index is 0.201. The maximum absolute atomic E-state index is 12.8. The van der Waals surface area contributed by atoms with Gasteiger partial charge in [0.1, 0.15) is 5.82 Å². The predicted octanol–water partition coefficient (Wildman–Crippen LogP) is 3.45. The molecule has 2 saturated heterocycles.